The Bertz CT molecular complexity index is 434. The predicted molar refractivity (Wildman–Crippen MR) is 77.6 cm³/mol. The minimum atomic E-state index is 0.254. The van der Waals surface area contributed by atoms with Crippen molar-refractivity contribution in [3.63, 3.8) is 0 Å². The Morgan fingerprint density at radius 1 is 1.37 bits per heavy atom. The predicted octanol–water partition coefficient (Wildman–Crippen LogP) is 3.24. The van der Waals surface area contributed by atoms with Crippen molar-refractivity contribution in [2.75, 3.05) is 5.73 Å². The fraction of sp³-hybridized carbons (Fsp3) is 0.625. The van der Waals surface area contributed by atoms with Crippen LogP contribution >= 0.6 is 0 Å². The second-order valence-electron chi connectivity index (χ2n) is 6.09. The van der Waals surface area contributed by atoms with Crippen LogP contribution < -0.4 is 5.73 Å². The van der Waals surface area contributed by atoms with E-state index in [0.717, 1.165) is 30.2 Å². The highest BCUT2D eigenvalue weighted by molar-refractivity contribution is 5.83. The molecule has 104 valence electrons. The van der Waals surface area contributed by atoms with E-state index >= 15 is 0 Å². The zero-order valence-corrected chi connectivity index (χ0v) is 11.9. The van der Waals surface area contributed by atoms with Crippen LogP contribution in [0.3, 0.4) is 0 Å². The van der Waals surface area contributed by atoms with Gasteiger partial charge in [-0.3, -0.25) is 4.79 Å². The highest BCUT2D eigenvalue weighted by Gasteiger charge is 2.27. The van der Waals surface area contributed by atoms with Gasteiger partial charge >= 0.3 is 0 Å². The first-order chi connectivity index (χ1) is 9.06. The largest absolute Gasteiger partial charge is 0.384 e. The smallest absolute Gasteiger partial charge is 0.140 e. The third kappa shape index (κ3) is 3.79. The van der Waals surface area contributed by atoms with Gasteiger partial charge < -0.3 is 5.73 Å². The fourth-order valence-corrected chi connectivity index (χ4v) is 3.06. The SMILES string of the molecule is CC(C)C1CCC(C(=O)Cc2ccnc(N)c2)CC1. The van der Waals surface area contributed by atoms with Crippen LogP contribution in [0.2, 0.25) is 0 Å². The molecular formula is C16H24N2O. The van der Waals surface area contributed by atoms with Gasteiger partial charge in [-0.1, -0.05) is 13.8 Å². The molecule has 0 amide bonds. The zero-order chi connectivity index (χ0) is 13.8. The van der Waals surface area contributed by atoms with Crippen LogP contribution in [0.5, 0.6) is 0 Å². The molecule has 0 radical (unpaired) electrons. The molecule has 1 fully saturated rings. The van der Waals surface area contributed by atoms with Crippen LogP contribution in [0.15, 0.2) is 18.3 Å². The van der Waals surface area contributed by atoms with Crippen molar-refractivity contribution in [1.29, 1.82) is 0 Å². The molecule has 0 bridgehead atoms. The maximum atomic E-state index is 12.3. The summed E-state index contributed by atoms with van der Waals surface area (Å²) in [7, 11) is 0. The summed E-state index contributed by atoms with van der Waals surface area (Å²) in [5.74, 6) is 2.67. The number of hydrogen-bond acceptors (Lipinski definition) is 3. The van der Waals surface area contributed by atoms with Crippen LogP contribution in [0, 0.1) is 17.8 Å². The molecule has 1 aromatic heterocycles. The highest BCUT2D eigenvalue weighted by atomic mass is 16.1. The van der Waals surface area contributed by atoms with Gasteiger partial charge in [-0.2, -0.15) is 0 Å². The number of carbonyl (C=O) groups is 1. The molecule has 3 heteroatoms. The Morgan fingerprint density at radius 2 is 2.05 bits per heavy atom. The fourth-order valence-electron chi connectivity index (χ4n) is 3.06. The summed E-state index contributed by atoms with van der Waals surface area (Å²) >= 11 is 0. The molecule has 0 spiro atoms. The van der Waals surface area contributed by atoms with E-state index in [1.165, 1.54) is 12.8 Å². The van der Waals surface area contributed by atoms with Crippen LogP contribution in [-0.4, -0.2) is 10.8 Å². The van der Waals surface area contributed by atoms with Gasteiger partial charge in [0.2, 0.25) is 0 Å². The number of rotatable bonds is 4. The third-order valence-corrected chi connectivity index (χ3v) is 4.39. The first-order valence-electron chi connectivity index (χ1n) is 7.29. The quantitative estimate of drug-likeness (QED) is 0.904. The Labute approximate surface area is 115 Å². The monoisotopic (exact) mass is 260 g/mol. The van der Waals surface area contributed by atoms with Gasteiger partial charge in [0.15, 0.2) is 0 Å². The lowest BCUT2D eigenvalue weighted by Gasteiger charge is -2.30. The molecule has 2 rings (SSSR count). The molecule has 19 heavy (non-hydrogen) atoms. The average Bonchev–Trinajstić information content (AvgIpc) is 2.39. The average molecular weight is 260 g/mol. The van der Waals surface area contributed by atoms with E-state index in [9.17, 15) is 4.79 Å². The van der Waals surface area contributed by atoms with Crippen LogP contribution in [0.1, 0.15) is 45.1 Å². The molecule has 0 aliphatic heterocycles. The number of Topliss-reactive ketones (excluding diaryl/α,β-unsaturated/α-hetero) is 1. The number of nitrogen functional groups attached to an aromatic ring is 1. The van der Waals surface area contributed by atoms with Crippen molar-refractivity contribution in [3.8, 4) is 0 Å². The van der Waals surface area contributed by atoms with Crippen molar-refractivity contribution in [2.24, 2.45) is 17.8 Å². The van der Waals surface area contributed by atoms with Gasteiger partial charge in [0, 0.05) is 18.5 Å². The standard InChI is InChI=1S/C16H24N2O/c1-11(2)13-3-5-14(6-4-13)15(19)9-12-7-8-18-16(17)10-12/h7-8,10-11,13-14H,3-6,9H2,1-2H3,(H2,17,18). The summed E-state index contributed by atoms with van der Waals surface area (Å²) in [5.41, 5.74) is 6.63. The highest BCUT2D eigenvalue weighted by Crippen LogP contribution is 2.34. The summed E-state index contributed by atoms with van der Waals surface area (Å²) < 4.78 is 0. The molecule has 1 aliphatic rings. The number of aromatic nitrogens is 1. The van der Waals surface area contributed by atoms with Crippen molar-refractivity contribution in [2.45, 2.75) is 46.0 Å². The van der Waals surface area contributed by atoms with Crippen molar-refractivity contribution < 1.29 is 4.79 Å². The van der Waals surface area contributed by atoms with Crippen LogP contribution in [0.4, 0.5) is 5.82 Å². The molecule has 1 aliphatic carbocycles. The lowest BCUT2D eigenvalue weighted by atomic mass is 9.75. The van der Waals surface area contributed by atoms with Gasteiger partial charge in [0.25, 0.3) is 0 Å². The number of anilines is 1. The minimum Gasteiger partial charge on any atom is -0.384 e. The van der Waals surface area contributed by atoms with Crippen LogP contribution in [-0.2, 0) is 11.2 Å². The Hall–Kier alpha value is -1.38. The van der Waals surface area contributed by atoms with Gasteiger partial charge in [-0.15, -0.1) is 0 Å². The van der Waals surface area contributed by atoms with Gasteiger partial charge in [0.1, 0.15) is 11.6 Å². The van der Waals surface area contributed by atoms with E-state index in [-0.39, 0.29) is 5.92 Å². The first kappa shape index (κ1) is 14.0. The van der Waals surface area contributed by atoms with Crippen molar-refractivity contribution >= 4 is 11.6 Å². The molecule has 1 saturated carbocycles. The summed E-state index contributed by atoms with van der Waals surface area (Å²) in [6.45, 7) is 4.57. The lowest BCUT2D eigenvalue weighted by molar-refractivity contribution is -0.123. The number of carbonyl (C=O) groups excluding carboxylic acids is 1. The van der Waals surface area contributed by atoms with E-state index in [2.05, 4.69) is 18.8 Å². The molecule has 1 aromatic rings. The zero-order valence-electron chi connectivity index (χ0n) is 11.9. The number of pyridine rings is 1. The minimum absolute atomic E-state index is 0.254. The molecule has 1 heterocycles. The molecule has 0 saturated heterocycles. The molecule has 0 unspecified atom stereocenters. The van der Waals surface area contributed by atoms with Gasteiger partial charge in [0.05, 0.1) is 0 Å². The first-order valence-corrected chi connectivity index (χ1v) is 7.29. The Morgan fingerprint density at radius 3 is 2.63 bits per heavy atom. The number of nitrogens with two attached hydrogens (primary N) is 1. The molecule has 2 N–H and O–H groups in total. The summed E-state index contributed by atoms with van der Waals surface area (Å²) in [5, 5.41) is 0. The summed E-state index contributed by atoms with van der Waals surface area (Å²) in [6.07, 6.45) is 6.70. The van der Waals surface area contributed by atoms with Crippen molar-refractivity contribution in [3.05, 3.63) is 23.9 Å². The normalized spacial score (nSPS) is 23.5. The lowest BCUT2D eigenvalue weighted by Crippen LogP contribution is -2.25. The number of nitrogens with zero attached hydrogens (tertiary/aromatic N) is 1. The second-order valence-corrected chi connectivity index (χ2v) is 6.09. The maximum absolute atomic E-state index is 12.3. The number of hydrogen-bond donors (Lipinski definition) is 1. The van der Waals surface area contributed by atoms with E-state index in [1.807, 2.05) is 6.07 Å². The topological polar surface area (TPSA) is 56.0 Å². The Kier molecular flexibility index (Phi) is 4.56. The second kappa shape index (κ2) is 6.18. The van der Waals surface area contributed by atoms with E-state index in [0.29, 0.717) is 18.0 Å². The van der Waals surface area contributed by atoms with Crippen molar-refractivity contribution in [1.82, 2.24) is 4.98 Å². The molecule has 0 aromatic carbocycles. The summed E-state index contributed by atoms with van der Waals surface area (Å²) in [6, 6.07) is 3.69. The van der Waals surface area contributed by atoms with E-state index < -0.39 is 0 Å². The summed E-state index contributed by atoms with van der Waals surface area (Å²) in [4.78, 5) is 16.2. The van der Waals surface area contributed by atoms with E-state index in [4.69, 9.17) is 5.73 Å². The van der Waals surface area contributed by atoms with E-state index in [1.54, 1.807) is 12.3 Å². The maximum Gasteiger partial charge on any atom is 0.140 e. The van der Waals surface area contributed by atoms with Crippen LogP contribution in [0.25, 0.3) is 0 Å². The molecule has 3 nitrogen and oxygen atoms in total. The van der Waals surface area contributed by atoms with Gasteiger partial charge in [-0.05, 0) is 55.2 Å². The Balaban J connectivity index is 1.88. The third-order valence-electron chi connectivity index (χ3n) is 4.39. The molecular weight excluding hydrogens is 236 g/mol. The molecule has 0 atom stereocenters. The number of ketones is 1. The van der Waals surface area contributed by atoms with Gasteiger partial charge in [-0.25, -0.2) is 4.98 Å².